The van der Waals surface area contributed by atoms with Crippen molar-refractivity contribution in [1.29, 1.82) is 0 Å². The molecule has 0 aliphatic carbocycles. The number of rotatable bonds is 14. The molecule has 0 aliphatic heterocycles. The second kappa shape index (κ2) is 12.3. The van der Waals surface area contributed by atoms with Crippen molar-refractivity contribution < 1.29 is 19.8 Å². The summed E-state index contributed by atoms with van der Waals surface area (Å²) in [5, 5.41) is 21.3. The molecule has 5 nitrogen and oxygen atoms in total. The van der Waals surface area contributed by atoms with Crippen LogP contribution in [0.3, 0.4) is 0 Å². The third-order valence-corrected chi connectivity index (χ3v) is 4.34. The summed E-state index contributed by atoms with van der Waals surface area (Å²) in [5.41, 5.74) is 0.288. The minimum absolute atomic E-state index is 0.180. The van der Waals surface area contributed by atoms with Gasteiger partial charge >= 0.3 is 11.9 Å². The molecule has 0 unspecified atom stereocenters. The second-order valence-electron chi connectivity index (χ2n) is 6.48. The van der Waals surface area contributed by atoms with Crippen molar-refractivity contribution in [2.24, 2.45) is 0 Å². The van der Waals surface area contributed by atoms with Crippen LogP contribution in [-0.4, -0.2) is 28.7 Å². The van der Waals surface area contributed by atoms with Gasteiger partial charge in [-0.05, 0) is 24.6 Å². The maximum atomic E-state index is 11.1. The summed E-state index contributed by atoms with van der Waals surface area (Å²) < 4.78 is 0. The summed E-state index contributed by atoms with van der Waals surface area (Å²) in [7, 11) is 0. The van der Waals surface area contributed by atoms with E-state index in [1.54, 1.807) is 6.07 Å². The molecule has 0 spiro atoms. The minimum Gasteiger partial charge on any atom is -0.478 e. The fourth-order valence-electron chi connectivity index (χ4n) is 2.86. The van der Waals surface area contributed by atoms with Crippen molar-refractivity contribution in [3.63, 3.8) is 0 Å². The highest BCUT2D eigenvalue weighted by molar-refractivity contribution is 6.02. The molecule has 5 heteroatoms. The SMILES string of the molecule is CCCCCCCCCCCCNc1ccc(C(=O)O)c(C(=O)O)c1. The minimum atomic E-state index is -1.22. The first kappa shape index (κ1) is 21.0. The van der Waals surface area contributed by atoms with Crippen molar-refractivity contribution in [3.8, 4) is 0 Å². The van der Waals surface area contributed by atoms with E-state index in [-0.39, 0.29) is 11.1 Å². The highest BCUT2D eigenvalue weighted by Crippen LogP contribution is 2.17. The van der Waals surface area contributed by atoms with Crippen molar-refractivity contribution in [3.05, 3.63) is 29.3 Å². The molecule has 1 aromatic rings. The molecule has 140 valence electrons. The van der Waals surface area contributed by atoms with Gasteiger partial charge < -0.3 is 15.5 Å². The number of carboxylic acids is 2. The third kappa shape index (κ3) is 8.57. The van der Waals surface area contributed by atoms with Gasteiger partial charge in [0.2, 0.25) is 0 Å². The molecular formula is C20H31NO4. The van der Waals surface area contributed by atoms with E-state index in [1.165, 1.54) is 63.5 Å². The zero-order valence-corrected chi connectivity index (χ0v) is 15.2. The van der Waals surface area contributed by atoms with E-state index in [2.05, 4.69) is 12.2 Å². The summed E-state index contributed by atoms with van der Waals surface area (Å²) in [6.07, 6.45) is 12.7. The predicted octanol–water partition coefficient (Wildman–Crippen LogP) is 5.42. The van der Waals surface area contributed by atoms with Gasteiger partial charge in [0.1, 0.15) is 0 Å². The zero-order chi connectivity index (χ0) is 18.5. The Morgan fingerprint density at radius 1 is 0.800 bits per heavy atom. The van der Waals surface area contributed by atoms with E-state index in [9.17, 15) is 9.59 Å². The van der Waals surface area contributed by atoms with Crippen molar-refractivity contribution in [2.45, 2.75) is 71.1 Å². The van der Waals surface area contributed by atoms with Crippen LogP contribution in [-0.2, 0) is 0 Å². The second-order valence-corrected chi connectivity index (χ2v) is 6.48. The molecule has 0 saturated carbocycles. The molecule has 1 rings (SSSR count). The van der Waals surface area contributed by atoms with Crippen molar-refractivity contribution in [1.82, 2.24) is 0 Å². The van der Waals surface area contributed by atoms with Crippen LogP contribution in [0.1, 0.15) is 91.8 Å². The van der Waals surface area contributed by atoms with E-state index in [1.807, 2.05) is 0 Å². The Balaban J connectivity index is 2.19. The maximum absolute atomic E-state index is 11.1. The number of benzene rings is 1. The van der Waals surface area contributed by atoms with E-state index in [0.29, 0.717) is 5.69 Å². The van der Waals surface area contributed by atoms with E-state index < -0.39 is 11.9 Å². The van der Waals surface area contributed by atoms with Gasteiger partial charge in [-0.25, -0.2) is 9.59 Å². The van der Waals surface area contributed by atoms with Gasteiger partial charge in [-0.1, -0.05) is 64.7 Å². The number of anilines is 1. The lowest BCUT2D eigenvalue weighted by molar-refractivity contribution is 0.0651. The maximum Gasteiger partial charge on any atom is 0.336 e. The van der Waals surface area contributed by atoms with Crippen molar-refractivity contribution >= 4 is 17.6 Å². The van der Waals surface area contributed by atoms with Gasteiger partial charge in [0, 0.05) is 12.2 Å². The molecule has 0 saturated heterocycles. The van der Waals surface area contributed by atoms with Crippen LogP contribution >= 0.6 is 0 Å². The molecule has 0 amide bonds. The third-order valence-electron chi connectivity index (χ3n) is 4.34. The normalized spacial score (nSPS) is 10.6. The molecule has 0 aromatic heterocycles. The summed E-state index contributed by atoms with van der Waals surface area (Å²) >= 11 is 0. The summed E-state index contributed by atoms with van der Waals surface area (Å²) in [6, 6.07) is 4.35. The number of hydrogen-bond donors (Lipinski definition) is 3. The van der Waals surface area contributed by atoms with Crippen LogP contribution < -0.4 is 5.32 Å². The molecule has 3 N–H and O–H groups in total. The Bertz CT molecular complexity index is 542. The fraction of sp³-hybridized carbons (Fsp3) is 0.600. The van der Waals surface area contributed by atoms with E-state index in [0.717, 1.165) is 19.4 Å². The lowest BCUT2D eigenvalue weighted by atomic mass is 10.1. The monoisotopic (exact) mass is 349 g/mol. The number of carboxylic acid groups (broad SMARTS) is 2. The first-order chi connectivity index (χ1) is 12.1. The first-order valence-corrected chi connectivity index (χ1v) is 9.40. The average Bonchev–Trinajstić information content (AvgIpc) is 2.59. The van der Waals surface area contributed by atoms with Gasteiger partial charge in [0.05, 0.1) is 11.1 Å². The van der Waals surface area contributed by atoms with Gasteiger partial charge in [-0.2, -0.15) is 0 Å². The van der Waals surface area contributed by atoms with E-state index in [4.69, 9.17) is 10.2 Å². The van der Waals surface area contributed by atoms with Gasteiger partial charge in [0.25, 0.3) is 0 Å². The van der Waals surface area contributed by atoms with Crippen LogP contribution in [0.25, 0.3) is 0 Å². The Hall–Kier alpha value is -2.04. The Kier molecular flexibility index (Phi) is 10.4. The molecule has 0 fully saturated rings. The Labute approximate surface area is 150 Å². The fourth-order valence-corrected chi connectivity index (χ4v) is 2.86. The number of unbranched alkanes of at least 4 members (excludes halogenated alkanes) is 9. The van der Waals surface area contributed by atoms with E-state index >= 15 is 0 Å². The Morgan fingerprint density at radius 2 is 1.32 bits per heavy atom. The molecule has 1 aromatic carbocycles. The topological polar surface area (TPSA) is 86.6 Å². The van der Waals surface area contributed by atoms with Crippen LogP contribution in [0.2, 0.25) is 0 Å². The number of carbonyl (C=O) groups is 2. The summed E-state index contributed by atoms with van der Waals surface area (Å²) in [4.78, 5) is 22.2. The summed E-state index contributed by atoms with van der Waals surface area (Å²) in [6.45, 7) is 3.00. The number of hydrogen-bond acceptors (Lipinski definition) is 3. The smallest absolute Gasteiger partial charge is 0.336 e. The first-order valence-electron chi connectivity index (χ1n) is 9.40. The van der Waals surface area contributed by atoms with Gasteiger partial charge in [-0.15, -0.1) is 0 Å². The summed E-state index contributed by atoms with van der Waals surface area (Å²) in [5.74, 6) is -2.45. The number of aromatic carboxylic acids is 2. The number of nitrogens with one attached hydrogen (secondary N) is 1. The van der Waals surface area contributed by atoms with Crippen LogP contribution in [0.5, 0.6) is 0 Å². The molecule has 0 radical (unpaired) electrons. The highest BCUT2D eigenvalue weighted by Gasteiger charge is 2.16. The zero-order valence-electron chi connectivity index (χ0n) is 15.2. The standard InChI is InChI=1S/C20H31NO4/c1-2-3-4-5-6-7-8-9-10-11-14-21-16-12-13-17(19(22)23)18(15-16)20(24)25/h12-13,15,21H,2-11,14H2,1H3,(H,22,23)(H,24,25). The van der Waals surface area contributed by atoms with Gasteiger partial charge in [0.15, 0.2) is 0 Å². The quantitative estimate of drug-likeness (QED) is 0.391. The van der Waals surface area contributed by atoms with Crippen molar-refractivity contribution in [2.75, 3.05) is 11.9 Å². The lowest BCUT2D eigenvalue weighted by Gasteiger charge is -2.09. The molecule has 0 atom stereocenters. The average molecular weight is 349 g/mol. The molecule has 0 heterocycles. The van der Waals surface area contributed by atoms with Crippen LogP contribution in [0.4, 0.5) is 5.69 Å². The largest absolute Gasteiger partial charge is 0.478 e. The van der Waals surface area contributed by atoms with Gasteiger partial charge in [-0.3, -0.25) is 0 Å². The predicted molar refractivity (Wildman–Crippen MR) is 101 cm³/mol. The molecular weight excluding hydrogens is 318 g/mol. The molecule has 0 bridgehead atoms. The molecule has 0 aliphatic rings. The van der Waals surface area contributed by atoms with Crippen LogP contribution in [0.15, 0.2) is 18.2 Å². The van der Waals surface area contributed by atoms with Crippen LogP contribution in [0, 0.1) is 0 Å². The lowest BCUT2D eigenvalue weighted by Crippen LogP contribution is -2.09. The Morgan fingerprint density at radius 3 is 1.84 bits per heavy atom. The molecule has 25 heavy (non-hydrogen) atoms. The highest BCUT2D eigenvalue weighted by atomic mass is 16.4.